The first-order valence-corrected chi connectivity index (χ1v) is 6.89. The molecule has 1 aromatic carbocycles. The van der Waals surface area contributed by atoms with E-state index in [1.807, 2.05) is 30.3 Å². The van der Waals surface area contributed by atoms with Gasteiger partial charge in [-0.1, -0.05) is 18.2 Å². The van der Waals surface area contributed by atoms with E-state index in [9.17, 15) is 9.59 Å². The van der Waals surface area contributed by atoms with Crippen molar-refractivity contribution in [3.63, 3.8) is 0 Å². The predicted molar refractivity (Wildman–Crippen MR) is 91.5 cm³/mol. The molecule has 0 aliphatic rings. The van der Waals surface area contributed by atoms with Crippen molar-refractivity contribution < 1.29 is 9.53 Å². The molecule has 0 bridgehead atoms. The van der Waals surface area contributed by atoms with E-state index >= 15 is 0 Å². The van der Waals surface area contributed by atoms with Crippen LogP contribution >= 0.6 is 12.4 Å². The lowest BCUT2D eigenvalue weighted by molar-refractivity contribution is -0.125. The number of aromatic nitrogens is 2. The number of halogens is 1. The molecule has 126 valence electrons. The van der Waals surface area contributed by atoms with Gasteiger partial charge in [-0.05, 0) is 19.1 Å². The Morgan fingerprint density at radius 2 is 1.96 bits per heavy atom. The number of hydrogen-bond donors (Lipinski definition) is 2. The molecule has 0 radical (unpaired) electrons. The van der Waals surface area contributed by atoms with Gasteiger partial charge in [0.05, 0.1) is 11.4 Å². The first-order chi connectivity index (χ1) is 10.5. The highest BCUT2D eigenvalue weighted by Gasteiger charge is 2.22. The standard InChI is InChI=1S/C15H20N4O3.ClH/c1-10-13(17-14(20)12(9-16)22-3)15(21)19(18(10)2)11-7-5-4-6-8-11;/h4-8,12H,9,16H2,1-3H3,(H,17,20);1H. The number of carbonyl (C=O) groups excluding carboxylic acids is 1. The third kappa shape index (κ3) is 3.64. The van der Waals surface area contributed by atoms with Crippen molar-refractivity contribution >= 4 is 24.0 Å². The van der Waals surface area contributed by atoms with Crippen LogP contribution in [0.15, 0.2) is 35.1 Å². The number of nitrogens with two attached hydrogens (primary N) is 1. The summed E-state index contributed by atoms with van der Waals surface area (Å²) in [7, 11) is 3.16. The average Bonchev–Trinajstić information content (AvgIpc) is 2.73. The van der Waals surface area contributed by atoms with Crippen LogP contribution in [0.3, 0.4) is 0 Å². The molecule has 1 amide bonds. The number of anilines is 1. The summed E-state index contributed by atoms with van der Waals surface area (Å²) >= 11 is 0. The van der Waals surface area contributed by atoms with Crippen molar-refractivity contribution in [2.24, 2.45) is 12.8 Å². The topological polar surface area (TPSA) is 91.3 Å². The monoisotopic (exact) mass is 340 g/mol. The van der Waals surface area contributed by atoms with E-state index in [0.29, 0.717) is 5.69 Å². The molecular formula is C15H21ClN4O3. The van der Waals surface area contributed by atoms with Gasteiger partial charge in [0.2, 0.25) is 0 Å². The van der Waals surface area contributed by atoms with Gasteiger partial charge in [-0.3, -0.25) is 14.3 Å². The lowest BCUT2D eigenvalue weighted by atomic mass is 10.3. The molecule has 2 rings (SSSR count). The molecule has 0 aliphatic heterocycles. The van der Waals surface area contributed by atoms with E-state index in [4.69, 9.17) is 10.5 Å². The van der Waals surface area contributed by atoms with E-state index in [-0.39, 0.29) is 30.2 Å². The second-order valence-electron chi connectivity index (χ2n) is 4.89. The zero-order chi connectivity index (χ0) is 16.3. The van der Waals surface area contributed by atoms with Gasteiger partial charge < -0.3 is 15.8 Å². The summed E-state index contributed by atoms with van der Waals surface area (Å²) < 4.78 is 8.17. The van der Waals surface area contributed by atoms with Crippen LogP contribution in [0.4, 0.5) is 5.69 Å². The molecule has 1 heterocycles. The molecule has 7 nitrogen and oxygen atoms in total. The maximum Gasteiger partial charge on any atom is 0.295 e. The fourth-order valence-corrected chi connectivity index (χ4v) is 2.23. The third-order valence-corrected chi connectivity index (χ3v) is 3.59. The Hall–Kier alpha value is -2.09. The quantitative estimate of drug-likeness (QED) is 0.843. The van der Waals surface area contributed by atoms with Gasteiger partial charge in [0.1, 0.15) is 11.8 Å². The number of amides is 1. The van der Waals surface area contributed by atoms with Gasteiger partial charge in [-0.25, -0.2) is 4.68 Å². The summed E-state index contributed by atoms with van der Waals surface area (Å²) in [6, 6.07) is 9.21. The van der Waals surface area contributed by atoms with Crippen molar-refractivity contribution in [1.82, 2.24) is 9.36 Å². The summed E-state index contributed by atoms with van der Waals surface area (Å²) in [4.78, 5) is 24.7. The van der Waals surface area contributed by atoms with Gasteiger partial charge in [0, 0.05) is 20.7 Å². The van der Waals surface area contributed by atoms with Crippen LogP contribution in [0.1, 0.15) is 5.69 Å². The molecule has 3 N–H and O–H groups in total. The second kappa shape index (κ2) is 7.96. The molecule has 8 heteroatoms. The minimum atomic E-state index is -0.788. The minimum Gasteiger partial charge on any atom is -0.370 e. The molecule has 1 atom stereocenters. The van der Waals surface area contributed by atoms with E-state index < -0.39 is 12.0 Å². The summed E-state index contributed by atoms with van der Waals surface area (Å²) in [5.74, 6) is -0.434. The summed E-state index contributed by atoms with van der Waals surface area (Å²) in [6.07, 6.45) is -0.788. The highest BCUT2D eigenvalue weighted by molar-refractivity contribution is 5.94. The molecule has 23 heavy (non-hydrogen) atoms. The number of nitrogens with zero attached hydrogens (tertiary/aromatic N) is 2. The molecule has 0 saturated heterocycles. The number of ether oxygens (including phenoxy) is 1. The minimum absolute atomic E-state index is 0. The van der Waals surface area contributed by atoms with E-state index in [0.717, 1.165) is 5.69 Å². The van der Waals surface area contributed by atoms with Crippen LogP contribution in [0.5, 0.6) is 0 Å². The zero-order valence-corrected chi connectivity index (χ0v) is 14.1. The second-order valence-corrected chi connectivity index (χ2v) is 4.89. The molecule has 1 aromatic heterocycles. The number of nitrogens with one attached hydrogen (secondary N) is 1. The van der Waals surface area contributed by atoms with Crippen molar-refractivity contribution in [2.45, 2.75) is 13.0 Å². The van der Waals surface area contributed by atoms with Crippen LogP contribution < -0.4 is 16.6 Å². The van der Waals surface area contributed by atoms with Crippen molar-refractivity contribution in [1.29, 1.82) is 0 Å². The number of rotatable bonds is 5. The summed E-state index contributed by atoms with van der Waals surface area (Å²) in [5, 5.41) is 2.61. The van der Waals surface area contributed by atoms with Gasteiger partial charge in [0.15, 0.2) is 0 Å². The number of methoxy groups -OCH3 is 1. The Morgan fingerprint density at radius 3 is 2.48 bits per heavy atom. The molecule has 2 aromatic rings. The van der Waals surface area contributed by atoms with E-state index in [1.54, 1.807) is 18.7 Å². The Morgan fingerprint density at radius 1 is 1.35 bits per heavy atom. The highest BCUT2D eigenvalue weighted by atomic mass is 35.5. The Labute approximate surface area is 140 Å². The lowest BCUT2D eigenvalue weighted by Crippen LogP contribution is -2.37. The number of hydrogen-bond acceptors (Lipinski definition) is 4. The Bertz CT molecular complexity index is 720. The summed E-state index contributed by atoms with van der Waals surface area (Å²) in [6.45, 7) is 1.81. The normalized spacial score (nSPS) is 11.7. The number of benzene rings is 1. The zero-order valence-electron chi connectivity index (χ0n) is 13.3. The van der Waals surface area contributed by atoms with Crippen LogP contribution in [0.2, 0.25) is 0 Å². The van der Waals surface area contributed by atoms with E-state index in [2.05, 4.69) is 5.32 Å². The molecular weight excluding hydrogens is 320 g/mol. The van der Waals surface area contributed by atoms with Crippen molar-refractivity contribution in [3.05, 3.63) is 46.4 Å². The van der Waals surface area contributed by atoms with Crippen LogP contribution in [0, 0.1) is 6.92 Å². The van der Waals surface area contributed by atoms with E-state index in [1.165, 1.54) is 11.8 Å². The van der Waals surface area contributed by atoms with Gasteiger partial charge in [-0.15, -0.1) is 12.4 Å². The lowest BCUT2D eigenvalue weighted by Gasteiger charge is -2.12. The van der Waals surface area contributed by atoms with Crippen LogP contribution in [0.25, 0.3) is 5.69 Å². The SMILES string of the molecule is COC(CN)C(=O)Nc1c(C)n(C)n(-c2ccccc2)c1=O.Cl. The summed E-state index contributed by atoms with van der Waals surface area (Å²) in [5.41, 5.74) is 6.76. The highest BCUT2D eigenvalue weighted by Crippen LogP contribution is 2.14. The smallest absolute Gasteiger partial charge is 0.295 e. The Kier molecular flexibility index (Phi) is 6.56. The molecule has 0 aliphatic carbocycles. The predicted octanol–water partition coefficient (Wildman–Crippen LogP) is 0.818. The fraction of sp³-hybridized carbons (Fsp3) is 0.333. The fourth-order valence-electron chi connectivity index (χ4n) is 2.23. The number of para-hydroxylation sites is 1. The van der Waals surface area contributed by atoms with Crippen molar-refractivity contribution in [2.75, 3.05) is 19.0 Å². The maximum atomic E-state index is 12.6. The molecule has 0 spiro atoms. The van der Waals surface area contributed by atoms with Gasteiger partial charge in [0.25, 0.3) is 11.5 Å². The largest absolute Gasteiger partial charge is 0.370 e. The van der Waals surface area contributed by atoms with Crippen molar-refractivity contribution in [3.8, 4) is 5.69 Å². The third-order valence-electron chi connectivity index (χ3n) is 3.59. The maximum absolute atomic E-state index is 12.6. The van der Waals surface area contributed by atoms with Gasteiger partial charge in [-0.2, -0.15) is 0 Å². The van der Waals surface area contributed by atoms with Crippen LogP contribution in [-0.4, -0.2) is 35.0 Å². The first kappa shape index (κ1) is 19.0. The van der Waals surface area contributed by atoms with Crippen LogP contribution in [-0.2, 0) is 16.6 Å². The molecule has 0 fully saturated rings. The average molecular weight is 341 g/mol. The van der Waals surface area contributed by atoms with Gasteiger partial charge >= 0.3 is 0 Å². The number of carbonyl (C=O) groups is 1. The molecule has 1 unspecified atom stereocenters. The molecule has 0 saturated carbocycles. The Balaban J connectivity index is 0.00000264. The first-order valence-electron chi connectivity index (χ1n) is 6.89.